The van der Waals surface area contributed by atoms with Gasteiger partial charge in [0.25, 0.3) is 0 Å². The van der Waals surface area contributed by atoms with Crippen molar-refractivity contribution < 1.29 is 0 Å². The lowest BCUT2D eigenvalue weighted by Gasteiger charge is -2.25. The van der Waals surface area contributed by atoms with E-state index in [-0.39, 0.29) is 0 Å². The third-order valence-electron chi connectivity index (χ3n) is 2.78. The number of hydrogen-bond donors (Lipinski definition) is 1. The Hall–Kier alpha value is -0.410. The van der Waals surface area contributed by atoms with E-state index in [0.29, 0.717) is 5.54 Å². The monoisotopic (exact) mass is 196 g/mol. The van der Waals surface area contributed by atoms with Crippen LogP contribution in [0.1, 0.15) is 31.7 Å². The van der Waals surface area contributed by atoms with Gasteiger partial charge in [0.15, 0.2) is 0 Å². The second-order valence-electron chi connectivity index (χ2n) is 4.28. The summed E-state index contributed by atoms with van der Waals surface area (Å²) in [5.74, 6) is 0.882. The highest BCUT2D eigenvalue weighted by Gasteiger charge is 2.37. The first-order chi connectivity index (χ1) is 6.18. The summed E-state index contributed by atoms with van der Waals surface area (Å²) in [6.07, 6.45) is 4.64. The molecule has 1 aliphatic carbocycles. The highest BCUT2D eigenvalue weighted by atomic mass is 32.1. The van der Waals surface area contributed by atoms with Crippen molar-refractivity contribution in [3.05, 3.63) is 16.6 Å². The largest absolute Gasteiger partial charge is 0.305 e. The van der Waals surface area contributed by atoms with Gasteiger partial charge in [-0.2, -0.15) is 0 Å². The molecule has 1 heterocycles. The fourth-order valence-corrected chi connectivity index (χ4v) is 2.15. The summed E-state index contributed by atoms with van der Waals surface area (Å²) in [6, 6.07) is 0. The standard InChI is InChI=1S/C10H16N2S/c1-10(2,8-3-4-8)12-7-9-11-5-6-13-9/h5-6,8,12H,3-4,7H2,1-2H3. The van der Waals surface area contributed by atoms with Crippen molar-refractivity contribution in [2.24, 2.45) is 5.92 Å². The van der Waals surface area contributed by atoms with E-state index >= 15 is 0 Å². The second kappa shape index (κ2) is 3.39. The number of aromatic nitrogens is 1. The number of thiazole rings is 1. The molecule has 1 aromatic rings. The molecule has 0 amide bonds. The zero-order chi connectivity index (χ0) is 9.31. The molecule has 1 aromatic heterocycles. The van der Waals surface area contributed by atoms with Crippen LogP contribution in [0, 0.1) is 5.92 Å². The maximum Gasteiger partial charge on any atom is 0.106 e. The maximum atomic E-state index is 4.26. The fourth-order valence-electron chi connectivity index (χ4n) is 1.59. The minimum Gasteiger partial charge on any atom is -0.305 e. The molecule has 0 unspecified atom stereocenters. The number of hydrogen-bond acceptors (Lipinski definition) is 3. The Bertz CT molecular complexity index is 262. The highest BCUT2D eigenvalue weighted by Crippen LogP contribution is 2.39. The van der Waals surface area contributed by atoms with Crippen LogP contribution in [0.15, 0.2) is 11.6 Å². The van der Waals surface area contributed by atoms with E-state index in [4.69, 9.17) is 0 Å². The summed E-state index contributed by atoms with van der Waals surface area (Å²) in [7, 11) is 0. The quantitative estimate of drug-likeness (QED) is 0.800. The summed E-state index contributed by atoms with van der Waals surface area (Å²) in [5.41, 5.74) is 0.297. The molecular formula is C10H16N2S. The van der Waals surface area contributed by atoms with Crippen LogP contribution in [0.3, 0.4) is 0 Å². The molecule has 0 aliphatic heterocycles. The van der Waals surface area contributed by atoms with Crippen LogP contribution in [-0.4, -0.2) is 10.5 Å². The van der Waals surface area contributed by atoms with Gasteiger partial charge < -0.3 is 5.32 Å². The smallest absolute Gasteiger partial charge is 0.106 e. The second-order valence-corrected chi connectivity index (χ2v) is 5.25. The van der Waals surface area contributed by atoms with Crippen molar-refractivity contribution in [3.8, 4) is 0 Å². The molecule has 1 aliphatic rings. The van der Waals surface area contributed by atoms with E-state index in [0.717, 1.165) is 12.5 Å². The van der Waals surface area contributed by atoms with E-state index in [1.54, 1.807) is 11.3 Å². The molecule has 13 heavy (non-hydrogen) atoms. The molecule has 0 radical (unpaired) electrons. The minimum atomic E-state index is 0.297. The zero-order valence-corrected chi connectivity index (χ0v) is 9.03. The molecular weight excluding hydrogens is 180 g/mol. The van der Waals surface area contributed by atoms with E-state index < -0.39 is 0 Å². The van der Waals surface area contributed by atoms with Gasteiger partial charge in [0, 0.05) is 23.7 Å². The molecule has 2 rings (SSSR count). The molecule has 3 heteroatoms. The van der Waals surface area contributed by atoms with E-state index in [9.17, 15) is 0 Å². The van der Waals surface area contributed by atoms with Crippen LogP contribution >= 0.6 is 11.3 Å². The molecule has 0 bridgehead atoms. The van der Waals surface area contributed by atoms with Crippen LogP contribution in [-0.2, 0) is 6.54 Å². The van der Waals surface area contributed by atoms with Crippen molar-refractivity contribution in [2.45, 2.75) is 38.8 Å². The van der Waals surface area contributed by atoms with Gasteiger partial charge in [-0.25, -0.2) is 4.98 Å². The third-order valence-corrected chi connectivity index (χ3v) is 3.56. The Kier molecular flexibility index (Phi) is 2.39. The normalized spacial score (nSPS) is 17.7. The lowest BCUT2D eigenvalue weighted by Crippen LogP contribution is -2.40. The predicted octanol–water partition coefficient (Wildman–Crippen LogP) is 2.42. The first-order valence-corrected chi connectivity index (χ1v) is 5.70. The molecule has 1 fully saturated rings. The third kappa shape index (κ3) is 2.29. The summed E-state index contributed by atoms with van der Waals surface area (Å²) in [4.78, 5) is 4.26. The van der Waals surface area contributed by atoms with Crippen molar-refractivity contribution in [1.82, 2.24) is 10.3 Å². The van der Waals surface area contributed by atoms with Crippen molar-refractivity contribution in [3.63, 3.8) is 0 Å². The van der Waals surface area contributed by atoms with Gasteiger partial charge in [0.05, 0.1) is 0 Å². The zero-order valence-electron chi connectivity index (χ0n) is 8.21. The summed E-state index contributed by atoms with van der Waals surface area (Å²) in [6.45, 7) is 5.50. The fraction of sp³-hybridized carbons (Fsp3) is 0.700. The lowest BCUT2D eigenvalue weighted by molar-refractivity contribution is 0.339. The van der Waals surface area contributed by atoms with Gasteiger partial charge >= 0.3 is 0 Å². The maximum absolute atomic E-state index is 4.26. The van der Waals surface area contributed by atoms with Crippen LogP contribution in [0.4, 0.5) is 0 Å². The van der Waals surface area contributed by atoms with E-state index in [1.165, 1.54) is 17.8 Å². The first kappa shape index (κ1) is 9.16. The first-order valence-electron chi connectivity index (χ1n) is 4.82. The Morgan fingerprint density at radius 2 is 2.38 bits per heavy atom. The van der Waals surface area contributed by atoms with Crippen molar-refractivity contribution in [1.29, 1.82) is 0 Å². The number of nitrogens with zero attached hydrogens (tertiary/aromatic N) is 1. The Labute approximate surface area is 83.4 Å². The summed E-state index contributed by atoms with van der Waals surface area (Å²) in [5, 5.41) is 6.79. The van der Waals surface area contributed by atoms with Gasteiger partial charge in [0.2, 0.25) is 0 Å². The molecule has 0 atom stereocenters. The van der Waals surface area contributed by atoms with Gasteiger partial charge in [-0.15, -0.1) is 11.3 Å². The number of rotatable bonds is 4. The topological polar surface area (TPSA) is 24.9 Å². The Morgan fingerprint density at radius 1 is 1.62 bits per heavy atom. The summed E-state index contributed by atoms with van der Waals surface area (Å²) < 4.78 is 0. The van der Waals surface area contributed by atoms with Gasteiger partial charge in [-0.1, -0.05) is 0 Å². The Morgan fingerprint density at radius 3 is 2.92 bits per heavy atom. The van der Waals surface area contributed by atoms with Gasteiger partial charge in [-0.3, -0.25) is 0 Å². The van der Waals surface area contributed by atoms with E-state index in [2.05, 4.69) is 24.1 Å². The molecule has 2 nitrogen and oxygen atoms in total. The van der Waals surface area contributed by atoms with Crippen molar-refractivity contribution >= 4 is 11.3 Å². The molecule has 0 saturated heterocycles. The van der Waals surface area contributed by atoms with Crippen LogP contribution < -0.4 is 5.32 Å². The van der Waals surface area contributed by atoms with Gasteiger partial charge in [-0.05, 0) is 32.6 Å². The molecule has 0 aromatic carbocycles. The van der Waals surface area contributed by atoms with Crippen LogP contribution in [0.5, 0.6) is 0 Å². The molecule has 1 N–H and O–H groups in total. The van der Waals surface area contributed by atoms with Crippen LogP contribution in [0.25, 0.3) is 0 Å². The Balaban J connectivity index is 1.84. The number of nitrogens with one attached hydrogen (secondary N) is 1. The van der Waals surface area contributed by atoms with Crippen molar-refractivity contribution in [2.75, 3.05) is 0 Å². The minimum absolute atomic E-state index is 0.297. The average Bonchev–Trinajstić information content (AvgIpc) is 2.82. The highest BCUT2D eigenvalue weighted by molar-refractivity contribution is 7.09. The SMILES string of the molecule is CC(C)(NCc1nccs1)C1CC1. The van der Waals surface area contributed by atoms with E-state index in [1.807, 2.05) is 11.6 Å². The molecule has 72 valence electrons. The van der Waals surface area contributed by atoms with Gasteiger partial charge in [0.1, 0.15) is 5.01 Å². The summed E-state index contributed by atoms with van der Waals surface area (Å²) >= 11 is 1.72. The molecule has 1 saturated carbocycles. The lowest BCUT2D eigenvalue weighted by atomic mass is 9.99. The van der Waals surface area contributed by atoms with Crippen LogP contribution in [0.2, 0.25) is 0 Å². The average molecular weight is 196 g/mol. The molecule has 0 spiro atoms. The predicted molar refractivity (Wildman–Crippen MR) is 55.8 cm³/mol.